The third-order valence-corrected chi connectivity index (χ3v) is 7.15. The van der Waals surface area contributed by atoms with Crippen LogP contribution in [0.2, 0.25) is 0 Å². The summed E-state index contributed by atoms with van der Waals surface area (Å²) in [4.78, 5) is 27.2. The Morgan fingerprint density at radius 1 is 1.37 bits per heavy atom. The normalized spacial score (nSPS) is 14.5. The predicted molar refractivity (Wildman–Crippen MR) is 131 cm³/mol. The number of aryl methyl sites for hydroxylation is 1. The van der Waals surface area contributed by atoms with Crippen LogP contribution in [0, 0.1) is 17.2 Å². The third-order valence-electron chi connectivity index (χ3n) is 5.98. The molecule has 2 heterocycles. The molecule has 0 saturated carbocycles. The maximum atomic E-state index is 12.6. The molecular weight excluding hydrogens is 468 g/mol. The first-order valence-electron chi connectivity index (χ1n) is 11.3. The van der Waals surface area contributed by atoms with Crippen molar-refractivity contribution in [2.24, 2.45) is 5.92 Å². The number of nitrogens with zero attached hydrogens (tertiary/aromatic N) is 3. The Morgan fingerprint density at radius 2 is 2.23 bits per heavy atom. The molecule has 0 saturated heterocycles. The van der Waals surface area contributed by atoms with Crippen LogP contribution in [0.4, 0.5) is 15.7 Å². The predicted octanol–water partition coefficient (Wildman–Crippen LogP) is 4.57. The highest BCUT2D eigenvalue weighted by Crippen LogP contribution is 2.39. The summed E-state index contributed by atoms with van der Waals surface area (Å²) < 4.78 is 15.7. The molecule has 1 unspecified atom stereocenters. The molecule has 1 aliphatic rings. The molecule has 1 aliphatic carbocycles. The van der Waals surface area contributed by atoms with Gasteiger partial charge in [0.1, 0.15) is 16.8 Å². The molecule has 0 aliphatic heterocycles. The number of carbonyl (C=O) groups excluding carboxylic acids is 2. The number of nitrogens with one attached hydrogen (secondary N) is 1. The molecule has 0 radical (unpaired) electrons. The van der Waals surface area contributed by atoms with Crippen molar-refractivity contribution in [2.45, 2.75) is 32.1 Å². The number of anilines is 2. The van der Waals surface area contributed by atoms with Gasteiger partial charge >= 0.3 is 6.09 Å². The minimum Gasteiger partial charge on any atom is -0.497 e. The molecule has 1 N–H and O–H groups in total. The van der Waals surface area contributed by atoms with Crippen LogP contribution in [-0.4, -0.2) is 37.9 Å². The Hall–Kier alpha value is -3.84. The van der Waals surface area contributed by atoms with Crippen molar-refractivity contribution >= 4 is 34.2 Å². The van der Waals surface area contributed by atoms with Crippen LogP contribution in [0.5, 0.6) is 5.75 Å². The summed E-state index contributed by atoms with van der Waals surface area (Å²) in [5, 5.41) is 16.9. The van der Waals surface area contributed by atoms with E-state index in [2.05, 4.69) is 16.5 Å². The largest absolute Gasteiger partial charge is 0.497 e. The Kier molecular flexibility index (Phi) is 7.67. The summed E-state index contributed by atoms with van der Waals surface area (Å²) in [5.74, 6) is 1.07. The number of hydrogen-bond acceptors (Lipinski definition) is 8. The van der Waals surface area contributed by atoms with E-state index in [-0.39, 0.29) is 18.4 Å². The number of hydrogen-bond donors (Lipinski definition) is 1. The van der Waals surface area contributed by atoms with E-state index in [9.17, 15) is 14.9 Å². The van der Waals surface area contributed by atoms with Gasteiger partial charge in [0.05, 0.1) is 25.5 Å². The first-order valence-corrected chi connectivity index (χ1v) is 12.1. The van der Waals surface area contributed by atoms with Crippen molar-refractivity contribution in [1.29, 1.82) is 5.26 Å². The second kappa shape index (κ2) is 11.1. The molecule has 0 bridgehead atoms. The van der Waals surface area contributed by atoms with Crippen molar-refractivity contribution in [3.63, 3.8) is 0 Å². The van der Waals surface area contributed by atoms with Gasteiger partial charge in [-0.2, -0.15) is 5.26 Å². The first kappa shape index (κ1) is 24.3. The van der Waals surface area contributed by atoms with E-state index in [0.717, 1.165) is 28.2 Å². The highest BCUT2D eigenvalue weighted by Gasteiger charge is 2.28. The SMILES string of the molecule is COc1cccc(CCC(=O)Nc2sc3c(c2C#N)CCC(COC(=O)N(C)c2ccno2)C3)c1. The summed E-state index contributed by atoms with van der Waals surface area (Å²) in [6.45, 7) is 0.263. The fourth-order valence-electron chi connectivity index (χ4n) is 4.04. The van der Waals surface area contributed by atoms with Gasteiger partial charge in [-0.1, -0.05) is 17.3 Å². The van der Waals surface area contributed by atoms with Gasteiger partial charge in [0.25, 0.3) is 0 Å². The van der Waals surface area contributed by atoms with E-state index >= 15 is 0 Å². The fraction of sp³-hybridized carbons (Fsp3) is 0.360. The molecule has 2 amide bonds. The molecule has 2 aromatic heterocycles. The van der Waals surface area contributed by atoms with E-state index in [1.54, 1.807) is 20.2 Å². The molecule has 4 rings (SSSR count). The average Bonchev–Trinajstić information content (AvgIpc) is 3.53. The van der Waals surface area contributed by atoms with Crippen LogP contribution in [0.1, 0.15) is 34.4 Å². The average molecular weight is 495 g/mol. The molecular formula is C25H26N4O5S. The summed E-state index contributed by atoms with van der Waals surface area (Å²) in [6.07, 6.45) is 4.01. The highest BCUT2D eigenvalue weighted by atomic mass is 32.1. The zero-order valence-electron chi connectivity index (χ0n) is 19.6. The maximum absolute atomic E-state index is 12.6. The van der Waals surface area contributed by atoms with Crippen molar-refractivity contribution in [1.82, 2.24) is 5.16 Å². The first-order chi connectivity index (χ1) is 17.0. The lowest BCUT2D eigenvalue weighted by Gasteiger charge is -2.23. The van der Waals surface area contributed by atoms with Crippen molar-refractivity contribution in [3.8, 4) is 11.8 Å². The minimum atomic E-state index is -0.513. The smallest absolute Gasteiger partial charge is 0.416 e. The van der Waals surface area contributed by atoms with Crippen LogP contribution in [-0.2, 0) is 28.8 Å². The number of rotatable bonds is 8. The Balaban J connectivity index is 1.33. The zero-order chi connectivity index (χ0) is 24.8. The van der Waals surface area contributed by atoms with E-state index < -0.39 is 6.09 Å². The molecule has 3 aromatic rings. The van der Waals surface area contributed by atoms with E-state index in [4.69, 9.17) is 14.0 Å². The molecule has 9 nitrogen and oxygen atoms in total. The lowest BCUT2D eigenvalue weighted by Crippen LogP contribution is -2.29. The number of benzene rings is 1. The van der Waals surface area contributed by atoms with Gasteiger partial charge < -0.3 is 19.3 Å². The molecule has 1 aromatic carbocycles. The van der Waals surface area contributed by atoms with Crippen LogP contribution < -0.4 is 15.0 Å². The number of ether oxygens (including phenoxy) is 2. The van der Waals surface area contributed by atoms with Gasteiger partial charge in [-0.25, -0.2) is 9.69 Å². The van der Waals surface area contributed by atoms with Crippen molar-refractivity contribution in [2.75, 3.05) is 31.0 Å². The van der Waals surface area contributed by atoms with Crippen LogP contribution in [0.15, 0.2) is 41.1 Å². The maximum Gasteiger partial charge on any atom is 0.416 e. The highest BCUT2D eigenvalue weighted by molar-refractivity contribution is 7.16. The van der Waals surface area contributed by atoms with Gasteiger partial charge in [0, 0.05) is 24.4 Å². The standard InChI is InChI=1S/C25H26N4O5S/c1-29(23-10-11-27-34-23)25(31)33-15-17-6-8-19-20(14-26)24(35-21(19)13-17)28-22(30)9-7-16-4-3-5-18(12-16)32-2/h3-5,10-12,17H,6-9,13,15H2,1-2H3,(H,28,30). The second-order valence-electron chi connectivity index (χ2n) is 8.31. The topological polar surface area (TPSA) is 118 Å². The second-order valence-corrected chi connectivity index (χ2v) is 9.42. The van der Waals surface area contributed by atoms with Crippen molar-refractivity contribution in [3.05, 3.63) is 58.1 Å². The van der Waals surface area contributed by atoms with E-state index in [1.807, 2.05) is 24.3 Å². The number of carbonyl (C=O) groups is 2. The Bertz CT molecular complexity index is 1230. The minimum absolute atomic E-state index is 0.135. The van der Waals surface area contributed by atoms with Crippen LogP contribution in [0.3, 0.4) is 0 Å². The van der Waals surface area contributed by atoms with Crippen molar-refractivity contribution < 1.29 is 23.6 Å². The lowest BCUT2D eigenvalue weighted by molar-refractivity contribution is -0.116. The van der Waals surface area contributed by atoms with E-state index in [1.165, 1.54) is 22.4 Å². The van der Waals surface area contributed by atoms with E-state index in [0.29, 0.717) is 42.1 Å². The van der Waals surface area contributed by atoms with Gasteiger partial charge in [0.15, 0.2) is 0 Å². The zero-order valence-corrected chi connectivity index (χ0v) is 20.4. The summed E-state index contributed by atoms with van der Waals surface area (Å²) in [7, 11) is 3.17. The number of amides is 2. The van der Waals surface area contributed by atoms with Crippen LogP contribution >= 0.6 is 11.3 Å². The van der Waals surface area contributed by atoms with Crippen LogP contribution in [0.25, 0.3) is 0 Å². The quantitative estimate of drug-likeness (QED) is 0.487. The summed E-state index contributed by atoms with van der Waals surface area (Å²) >= 11 is 1.44. The fourth-order valence-corrected chi connectivity index (χ4v) is 5.36. The summed E-state index contributed by atoms with van der Waals surface area (Å²) in [5.41, 5.74) is 2.54. The molecule has 35 heavy (non-hydrogen) atoms. The number of nitriles is 1. The monoisotopic (exact) mass is 494 g/mol. The number of methoxy groups -OCH3 is 1. The molecule has 182 valence electrons. The molecule has 0 spiro atoms. The number of aromatic nitrogens is 1. The van der Waals surface area contributed by atoms with Gasteiger partial charge in [-0.3, -0.25) is 4.79 Å². The Morgan fingerprint density at radius 3 is 2.97 bits per heavy atom. The number of thiophene rings is 1. The Labute approximate surface area is 207 Å². The molecule has 10 heteroatoms. The van der Waals surface area contributed by atoms with Gasteiger partial charge in [-0.05, 0) is 54.9 Å². The summed E-state index contributed by atoms with van der Waals surface area (Å²) in [6, 6.07) is 11.5. The van der Waals surface area contributed by atoms with Gasteiger partial charge in [-0.15, -0.1) is 11.3 Å². The molecule has 0 fully saturated rings. The lowest BCUT2D eigenvalue weighted by atomic mass is 9.88. The third kappa shape index (κ3) is 5.81. The number of fused-ring (bicyclic) bond motifs is 1. The molecule has 1 atom stereocenters. The van der Waals surface area contributed by atoms with Gasteiger partial charge in [0.2, 0.25) is 11.8 Å².